The van der Waals surface area contributed by atoms with Crippen molar-refractivity contribution in [1.82, 2.24) is 10.3 Å². The van der Waals surface area contributed by atoms with Gasteiger partial charge in [-0.25, -0.2) is 9.78 Å². The van der Waals surface area contributed by atoms with E-state index in [9.17, 15) is 4.79 Å². The third-order valence-corrected chi connectivity index (χ3v) is 3.62. The van der Waals surface area contributed by atoms with Crippen molar-refractivity contribution in [3.05, 3.63) is 45.4 Å². The maximum absolute atomic E-state index is 11.6. The molecule has 0 unspecified atom stereocenters. The zero-order valence-electron chi connectivity index (χ0n) is 10.4. The van der Waals surface area contributed by atoms with Crippen LogP contribution in [-0.2, 0) is 6.42 Å². The van der Waals surface area contributed by atoms with E-state index in [0.29, 0.717) is 17.3 Å². The predicted molar refractivity (Wildman–Crippen MR) is 79.0 cm³/mol. The Hall–Kier alpha value is -1.59. The summed E-state index contributed by atoms with van der Waals surface area (Å²) in [5, 5.41) is 7.16. The van der Waals surface area contributed by atoms with Gasteiger partial charge in [-0.3, -0.25) is 0 Å². The summed E-state index contributed by atoms with van der Waals surface area (Å²) in [4.78, 5) is 17.0. The summed E-state index contributed by atoms with van der Waals surface area (Å²) in [6, 6.07) is 6.81. The number of thiazole rings is 1. The summed E-state index contributed by atoms with van der Waals surface area (Å²) < 4.78 is 0. The maximum atomic E-state index is 11.6. The first kappa shape index (κ1) is 13.8. The first-order chi connectivity index (χ1) is 9.13. The molecule has 0 radical (unpaired) electrons. The van der Waals surface area contributed by atoms with Crippen LogP contribution in [0.15, 0.2) is 30.5 Å². The van der Waals surface area contributed by atoms with E-state index >= 15 is 0 Å². The first-order valence-corrected chi connectivity index (χ1v) is 7.04. The minimum absolute atomic E-state index is 0.233. The molecular weight excluding hydrogens is 282 g/mol. The van der Waals surface area contributed by atoms with E-state index < -0.39 is 0 Å². The number of aromatic nitrogens is 1. The molecule has 0 spiro atoms. The van der Waals surface area contributed by atoms with Crippen molar-refractivity contribution in [3.8, 4) is 0 Å². The van der Waals surface area contributed by atoms with Crippen LogP contribution in [0.1, 0.15) is 9.88 Å². The monoisotopic (exact) mass is 295 g/mol. The van der Waals surface area contributed by atoms with E-state index in [1.807, 2.05) is 13.1 Å². The number of halogens is 1. The fourth-order valence-electron chi connectivity index (χ4n) is 1.56. The fourth-order valence-corrected chi connectivity index (χ4v) is 2.55. The fraction of sp³-hybridized carbons (Fsp3) is 0.231. The van der Waals surface area contributed by atoms with Crippen LogP contribution < -0.4 is 10.6 Å². The lowest BCUT2D eigenvalue weighted by atomic mass is 10.3. The molecule has 2 rings (SSSR count). The lowest BCUT2D eigenvalue weighted by molar-refractivity contribution is 0.252. The first-order valence-electron chi connectivity index (χ1n) is 5.85. The molecule has 19 heavy (non-hydrogen) atoms. The highest BCUT2D eigenvalue weighted by Gasteiger charge is 2.03. The van der Waals surface area contributed by atoms with Gasteiger partial charge in [0.15, 0.2) is 0 Å². The second-order valence-electron chi connectivity index (χ2n) is 3.99. The molecular formula is C13H14ClN3OS. The number of rotatable bonds is 4. The predicted octanol–water partition coefficient (Wildman–Crippen LogP) is 3.47. The maximum Gasteiger partial charge on any atom is 0.319 e. The van der Waals surface area contributed by atoms with Crippen LogP contribution in [0.5, 0.6) is 0 Å². The lowest BCUT2D eigenvalue weighted by Crippen LogP contribution is -2.30. The molecule has 0 aliphatic heterocycles. The van der Waals surface area contributed by atoms with E-state index in [1.165, 1.54) is 4.88 Å². The number of carbonyl (C=O) groups excluding carboxylic acids is 1. The molecule has 2 amide bonds. The third kappa shape index (κ3) is 4.54. The quantitative estimate of drug-likeness (QED) is 0.907. The van der Waals surface area contributed by atoms with Crippen LogP contribution in [-0.4, -0.2) is 17.6 Å². The van der Waals surface area contributed by atoms with Crippen molar-refractivity contribution in [2.75, 3.05) is 11.9 Å². The zero-order chi connectivity index (χ0) is 13.7. The smallest absolute Gasteiger partial charge is 0.319 e. The number of carbonyl (C=O) groups is 1. The van der Waals surface area contributed by atoms with Crippen LogP contribution in [0.3, 0.4) is 0 Å². The van der Waals surface area contributed by atoms with Gasteiger partial charge in [-0.05, 0) is 25.1 Å². The number of aryl methyl sites for hydroxylation is 1. The highest BCUT2D eigenvalue weighted by Crippen LogP contribution is 2.14. The van der Waals surface area contributed by atoms with Crippen molar-refractivity contribution >= 4 is 34.7 Å². The van der Waals surface area contributed by atoms with Gasteiger partial charge in [0.25, 0.3) is 0 Å². The molecule has 0 atom stereocenters. The Balaban J connectivity index is 1.76. The molecule has 2 N–H and O–H groups in total. The van der Waals surface area contributed by atoms with Crippen LogP contribution >= 0.6 is 22.9 Å². The Labute approximate surface area is 120 Å². The molecule has 100 valence electrons. The van der Waals surface area contributed by atoms with Crippen molar-refractivity contribution in [2.24, 2.45) is 0 Å². The van der Waals surface area contributed by atoms with Crippen LogP contribution in [0, 0.1) is 6.92 Å². The molecule has 1 aromatic carbocycles. The van der Waals surface area contributed by atoms with Crippen LogP contribution in [0.4, 0.5) is 10.5 Å². The number of hydrogen-bond acceptors (Lipinski definition) is 3. The Morgan fingerprint density at radius 3 is 3.00 bits per heavy atom. The molecule has 0 fully saturated rings. The molecule has 0 saturated carbocycles. The Kier molecular flexibility index (Phi) is 4.76. The third-order valence-electron chi connectivity index (χ3n) is 2.41. The summed E-state index contributed by atoms with van der Waals surface area (Å²) in [5.41, 5.74) is 0.679. The molecule has 0 bridgehead atoms. The summed E-state index contributed by atoms with van der Waals surface area (Å²) in [7, 11) is 0. The molecule has 0 aliphatic carbocycles. The highest BCUT2D eigenvalue weighted by molar-refractivity contribution is 7.11. The molecule has 2 aromatic rings. The highest BCUT2D eigenvalue weighted by atomic mass is 35.5. The molecule has 4 nitrogen and oxygen atoms in total. The average Bonchev–Trinajstić information content (AvgIpc) is 2.75. The van der Waals surface area contributed by atoms with Gasteiger partial charge in [0.2, 0.25) is 0 Å². The lowest BCUT2D eigenvalue weighted by Gasteiger charge is -2.07. The van der Waals surface area contributed by atoms with E-state index in [1.54, 1.807) is 35.6 Å². The largest absolute Gasteiger partial charge is 0.338 e. The second kappa shape index (κ2) is 6.54. The summed E-state index contributed by atoms with van der Waals surface area (Å²) in [5.74, 6) is 0. The minimum Gasteiger partial charge on any atom is -0.338 e. The second-order valence-corrected chi connectivity index (χ2v) is 5.74. The topological polar surface area (TPSA) is 54.0 Å². The summed E-state index contributed by atoms with van der Waals surface area (Å²) in [6.07, 6.45) is 2.63. The number of anilines is 1. The number of urea groups is 1. The van der Waals surface area contributed by atoms with Gasteiger partial charge in [0.05, 0.1) is 5.01 Å². The number of benzene rings is 1. The Bertz CT molecular complexity index is 571. The molecule has 0 aliphatic rings. The van der Waals surface area contributed by atoms with Crippen LogP contribution in [0.25, 0.3) is 0 Å². The van der Waals surface area contributed by atoms with Crippen molar-refractivity contribution in [2.45, 2.75) is 13.3 Å². The molecule has 1 heterocycles. The summed E-state index contributed by atoms with van der Waals surface area (Å²) >= 11 is 7.48. The Morgan fingerprint density at radius 1 is 1.47 bits per heavy atom. The molecule has 1 aromatic heterocycles. The van der Waals surface area contributed by atoms with Gasteiger partial charge < -0.3 is 10.6 Å². The average molecular weight is 296 g/mol. The number of amides is 2. The van der Waals surface area contributed by atoms with E-state index in [-0.39, 0.29) is 6.03 Å². The van der Waals surface area contributed by atoms with Crippen molar-refractivity contribution in [3.63, 3.8) is 0 Å². The van der Waals surface area contributed by atoms with Gasteiger partial charge in [0.1, 0.15) is 0 Å². The van der Waals surface area contributed by atoms with Gasteiger partial charge in [-0.2, -0.15) is 0 Å². The SMILES string of the molecule is Cc1ncc(CCNC(=O)Nc2cccc(Cl)c2)s1. The standard InChI is InChI=1S/C13H14ClN3OS/c1-9-16-8-12(19-9)5-6-15-13(18)17-11-4-2-3-10(14)7-11/h2-4,7-8H,5-6H2,1H3,(H2,15,17,18). The van der Waals surface area contributed by atoms with Gasteiger partial charge in [-0.15, -0.1) is 11.3 Å². The Morgan fingerprint density at radius 2 is 2.32 bits per heavy atom. The number of nitrogens with one attached hydrogen (secondary N) is 2. The normalized spacial score (nSPS) is 10.2. The number of nitrogens with zero attached hydrogens (tertiary/aromatic N) is 1. The van der Waals surface area contributed by atoms with Crippen LogP contribution in [0.2, 0.25) is 5.02 Å². The van der Waals surface area contributed by atoms with Gasteiger partial charge in [0, 0.05) is 34.7 Å². The number of hydrogen-bond donors (Lipinski definition) is 2. The summed E-state index contributed by atoms with van der Waals surface area (Å²) in [6.45, 7) is 2.54. The van der Waals surface area contributed by atoms with E-state index in [4.69, 9.17) is 11.6 Å². The molecule has 0 saturated heterocycles. The van der Waals surface area contributed by atoms with Crippen molar-refractivity contribution in [1.29, 1.82) is 0 Å². The van der Waals surface area contributed by atoms with Crippen molar-refractivity contribution < 1.29 is 4.79 Å². The van der Waals surface area contributed by atoms with E-state index in [0.717, 1.165) is 11.4 Å². The minimum atomic E-state index is -0.233. The van der Waals surface area contributed by atoms with E-state index in [2.05, 4.69) is 15.6 Å². The van der Waals surface area contributed by atoms with Gasteiger partial charge in [-0.1, -0.05) is 17.7 Å². The zero-order valence-corrected chi connectivity index (χ0v) is 12.0. The molecule has 6 heteroatoms. The van der Waals surface area contributed by atoms with Gasteiger partial charge >= 0.3 is 6.03 Å².